The summed E-state index contributed by atoms with van der Waals surface area (Å²) in [7, 11) is 0. The number of hydrogen-bond donors (Lipinski definition) is 0. The summed E-state index contributed by atoms with van der Waals surface area (Å²) in [6.45, 7) is 3.76. The van der Waals surface area contributed by atoms with E-state index in [2.05, 4.69) is 9.72 Å². The molecule has 31 heavy (non-hydrogen) atoms. The van der Waals surface area contributed by atoms with Crippen LogP contribution in [0.1, 0.15) is 18.1 Å². The van der Waals surface area contributed by atoms with Gasteiger partial charge in [0.1, 0.15) is 11.8 Å². The van der Waals surface area contributed by atoms with E-state index in [1.807, 2.05) is 25.1 Å². The normalized spacial score (nSPS) is 17.0. The summed E-state index contributed by atoms with van der Waals surface area (Å²) in [6, 6.07) is 10.9. The van der Waals surface area contributed by atoms with Gasteiger partial charge >= 0.3 is 12.4 Å². The van der Waals surface area contributed by atoms with Crippen LogP contribution in [0.5, 0.6) is 5.75 Å². The van der Waals surface area contributed by atoms with Crippen molar-refractivity contribution in [3.8, 4) is 5.75 Å². The van der Waals surface area contributed by atoms with Crippen molar-refractivity contribution in [1.29, 1.82) is 0 Å². The first-order chi connectivity index (χ1) is 14.7. The Morgan fingerprint density at radius 1 is 1.06 bits per heavy atom. The van der Waals surface area contributed by atoms with Crippen LogP contribution >= 0.6 is 0 Å². The first-order valence-electron chi connectivity index (χ1n) is 9.49. The SMILES string of the molecule is Cc1cccc2c(CN3C(=O)N(c4ccc(OC(F)(F)F)cc4)C(=O)C3C)ccnc12. The van der Waals surface area contributed by atoms with Gasteiger partial charge in [0.25, 0.3) is 5.91 Å². The van der Waals surface area contributed by atoms with E-state index in [-0.39, 0.29) is 12.2 Å². The average molecular weight is 429 g/mol. The second-order valence-corrected chi connectivity index (χ2v) is 7.24. The summed E-state index contributed by atoms with van der Waals surface area (Å²) in [6.07, 6.45) is -3.16. The number of halogens is 3. The van der Waals surface area contributed by atoms with E-state index in [1.165, 1.54) is 17.0 Å². The summed E-state index contributed by atoms with van der Waals surface area (Å²) in [5, 5.41) is 0.891. The summed E-state index contributed by atoms with van der Waals surface area (Å²) >= 11 is 0. The Bertz CT molecular complexity index is 1160. The van der Waals surface area contributed by atoms with Gasteiger partial charge < -0.3 is 9.64 Å². The second-order valence-electron chi connectivity index (χ2n) is 7.24. The van der Waals surface area contributed by atoms with Gasteiger partial charge in [-0.05, 0) is 55.3 Å². The molecule has 2 aromatic carbocycles. The zero-order valence-electron chi connectivity index (χ0n) is 16.7. The van der Waals surface area contributed by atoms with Crippen LogP contribution < -0.4 is 9.64 Å². The topological polar surface area (TPSA) is 62.7 Å². The first-order valence-corrected chi connectivity index (χ1v) is 9.49. The third-order valence-corrected chi connectivity index (χ3v) is 5.21. The number of pyridine rings is 1. The van der Waals surface area contributed by atoms with Crippen molar-refractivity contribution in [3.05, 3.63) is 65.9 Å². The Balaban J connectivity index is 1.61. The maximum absolute atomic E-state index is 13.1. The molecule has 0 aliphatic carbocycles. The zero-order chi connectivity index (χ0) is 22.3. The number of aryl methyl sites for hydroxylation is 1. The summed E-state index contributed by atoms with van der Waals surface area (Å²) < 4.78 is 40.9. The Hall–Kier alpha value is -3.62. The first kappa shape index (κ1) is 20.6. The molecule has 1 fully saturated rings. The minimum Gasteiger partial charge on any atom is -0.406 e. The van der Waals surface area contributed by atoms with Crippen LogP contribution in [0.3, 0.4) is 0 Å². The van der Waals surface area contributed by atoms with Gasteiger partial charge in [0.15, 0.2) is 0 Å². The Kier molecular flexibility index (Phi) is 5.04. The molecule has 1 aliphatic rings. The number of ether oxygens (including phenoxy) is 1. The molecule has 1 aromatic heterocycles. The Labute approximate surface area is 175 Å². The quantitative estimate of drug-likeness (QED) is 0.559. The van der Waals surface area contributed by atoms with E-state index in [9.17, 15) is 22.8 Å². The van der Waals surface area contributed by atoms with E-state index >= 15 is 0 Å². The van der Waals surface area contributed by atoms with Crippen LogP contribution in [-0.4, -0.2) is 34.2 Å². The number of fused-ring (bicyclic) bond motifs is 1. The van der Waals surface area contributed by atoms with Crippen molar-refractivity contribution in [2.75, 3.05) is 4.90 Å². The predicted molar refractivity (Wildman–Crippen MR) is 107 cm³/mol. The van der Waals surface area contributed by atoms with Crippen LogP contribution in [0.25, 0.3) is 10.9 Å². The fourth-order valence-corrected chi connectivity index (χ4v) is 3.65. The second kappa shape index (κ2) is 7.57. The smallest absolute Gasteiger partial charge is 0.406 e. The number of carbonyl (C=O) groups excluding carboxylic acids is 2. The molecule has 0 N–H and O–H groups in total. The van der Waals surface area contributed by atoms with Crippen molar-refractivity contribution < 1.29 is 27.5 Å². The Morgan fingerprint density at radius 2 is 1.77 bits per heavy atom. The number of rotatable bonds is 4. The Morgan fingerprint density at radius 3 is 2.45 bits per heavy atom. The van der Waals surface area contributed by atoms with Gasteiger partial charge in [-0.15, -0.1) is 13.2 Å². The summed E-state index contributed by atoms with van der Waals surface area (Å²) in [5.41, 5.74) is 2.84. The van der Waals surface area contributed by atoms with Gasteiger partial charge in [0.05, 0.1) is 11.2 Å². The fraction of sp³-hybridized carbons (Fsp3) is 0.227. The van der Waals surface area contributed by atoms with Crippen LogP contribution in [0.15, 0.2) is 54.7 Å². The van der Waals surface area contributed by atoms with Crippen LogP contribution in [0.4, 0.5) is 23.7 Å². The number of aromatic nitrogens is 1. The number of anilines is 1. The van der Waals surface area contributed by atoms with E-state index in [1.54, 1.807) is 19.2 Å². The molecule has 0 saturated carbocycles. The number of nitrogens with zero attached hydrogens (tertiary/aromatic N) is 3. The number of benzene rings is 2. The standard InChI is InChI=1S/C22H18F3N3O3/c1-13-4-3-5-18-15(10-11-26-19(13)18)12-27-14(2)20(29)28(21(27)30)16-6-8-17(9-7-16)31-22(23,24)25/h3-11,14H,12H2,1-2H3. The molecule has 1 aliphatic heterocycles. The molecule has 4 rings (SSSR count). The van der Waals surface area contributed by atoms with Crippen molar-refractivity contribution in [3.63, 3.8) is 0 Å². The van der Waals surface area contributed by atoms with Gasteiger partial charge in [0, 0.05) is 18.1 Å². The monoisotopic (exact) mass is 429 g/mol. The molecule has 3 amide bonds. The molecule has 0 bridgehead atoms. The minimum absolute atomic E-state index is 0.175. The minimum atomic E-state index is -4.82. The highest BCUT2D eigenvalue weighted by Crippen LogP contribution is 2.31. The highest BCUT2D eigenvalue weighted by Gasteiger charge is 2.43. The number of para-hydroxylation sites is 1. The van der Waals surface area contributed by atoms with Crippen molar-refractivity contribution in [2.45, 2.75) is 32.8 Å². The molecular weight excluding hydrogens is 411 g/mol. The fourth-order valence-electron chi connectivity index (χ4n) is 3.65. The third-order valence-electron chi connectivity index (χ3n) is 5.21. The number of carbonyl (C=O) groups is 2. The highest BCUT2D eigenvalue weighted by molar-refractivity contribution is 6.21. The number of alkyl halides is 3. The molecule has 9 heteroatoms. The van der Waals surface area contributed by atoms with Crippen molar-refractivity contribution >= 4 is 28.5 Å². The summed E-state index contributed by atoms with van der Waals surface area (Å²) in [4.78, 5) is 32.6. The lowest BCUT2D eigenvalue weighted by Crippen LogP contribution is -2.33. The number of amides is 3. The lowest BCUT2D eigenvalue weighted by molar-refractivity contribution is -0.274. The number of urea groups is 1. The van der Waals surface area contributed by atoms with E-state index in [4.69, 9.17) is 0 Å². The molecule has 0 spiro atoms. The van der Waals surface area contributed by atoms with Gasteiger partial charge in [-0.2, -0.15) is 0 Å². The molecular formula is C22H18F3N3O3. The third kappa shape index (κ3) is 3.90. The molecule has 1 atom stereocenters. The maximum atomic E-state index is 13.1. The molecule has 160 valence electrons. The van der Waals surface area contributed by atoms with Gasteiger partial charge in [-0.3, -0.25) is 9.78 Å². The van der Waals surface area contributed by atoms with Crippen molar-refractivity contribution in [1.82, 2.24) is 9.88 Å². The lowest BCUT2D eigenvalue weighted by Gasteiger charge is -2.20. The molecule has 0 radical (unpaired) electrons. The average Bonchev–Trinajstić information content (AvgIpc) is 2.92. The van der Waals surface area contributed by atoms with Crippen LogP contribution in [-0.2, 0) is 11.3 Å². The van der Waals surface area contributed by atoms with E-state index in [0.717, 1.165) is 39.1 Å². The lowest BCUT2D eigenvalue weighted by atomic mass is 10.1. The van der Waals surface area contributed by atoms with E-state index < -0.39 is 30.1 Å². The molecule has 2 heterocycles. The van der Waals surface area contributed by atoms with E-state index in [0.29, 0.717) is 0 Å². The molecule has 1 unspecified atom stereocenters. The van der Waals surface area contributed by atoms with Crippen LogP contribution in [0.2, 0.25) is 0 Å². The van der Waals surface area contributed by atoms with Crippen molar-refractivity contribution in [2.24, 2.45) is 0 Å². The largest absolute Gasteiger partial charge is 0.573 e. The molecule has 6 nitrogen and oxygen atoms in total. The number of hydrogen-bond acceptors (Lipinski definition) is 4. The zero-order valence-corrected chi connectivity index (χ0v) is 16.7. The molecule has 1 saturated heterocycles. The molecule has 3 aromatic rings. The van der Waals surface area contributed by atoms with Crippen LogP contribution in [0, 0.1) is 6.92 Å². The van der Waals surface area contributed by atoms with Gasteiger partial charge in [-0.25, -0.2) is 9.69 Å². The number of imide groups is 1. The predicted octanol–water partition coefficient (Wildman–Crippen LogP) is 4.80. The summed E-state index contributed by atoms with van der Waals surface area (Å²) in [5.74, 6) is -0.886. The highest BCUT2D eigenvalue weighted by atomic mass is 19.4. The van der Waals surface area contributed by atoms with Gasteiger partial charge in [0.2, 0.25) is 0 Å². The maximum Gasteiger partial charge on any atom is 0.573 e. The van der Waals surface area contributed by atoms with Gasteiger partial charge in [-0.1, -0.05) is 18.2 Å².